The van der Waals surface area contributed by atoms with Crippen LogP contribution in [0.4, 0.5) is 0 Å². The van der Waals surface area contributed by atoms with Crippen molar-refractivity contribution >= 4 is 18.4 Å². The standard InChI is InChI=1S/C30H36Si/c1-3-7-29(8-4-1)31(30-9-5-2-6-10-30,17-15-27-21-23-11-13-25(27)19-23)18-16-28-22-24-12-14-26(28)20-24/h1-14,23-28H,15-22H2. The molecule has 2 aromatic rings. The Hall–Kier alpha value is -1.86. The second-order valence-corrected chi connectivity index (χ2v) is 15.3. The second-order valence-electron chi connectivity index (χ2n) is 11.0. The topological polar surface area (TPSA) is 0 Å². The normalized spacial score (nSPS) is 32.9. The van der Waals surface area contributed by atoms with Gasteiger partial charge in [-0.2, -0.15) is 0 Å². The summed E-state index contributed by atoms with van der Waals surface area (Å²) in [6.07, 6.45) is 18.7. The van der Waals surface area contributed by atoms with Crippen LogP contribution in [0.25, 0.3) is 0 Å². The first-order chi connectivity index (χ1) is 15.3. The summed E-state index contributed by atoms with van der Waals surface area (Å²) in [4.78, 5) is 0. The highest BCUT2D eigenvalue weighted by molar-refractivity contribution is 7.02. The van der Waals surface area contributed by atoms with Gasteiger partial charge in [0.25, 0.3) is 0 Å². The van der Waals surface area contributed by atoms with Gasteiger partial charge in [0.2, 0.25) is 0 Å². The average molecular weight is 425 g/mol. The summed E-state index contributed by atoms with van der Waals surface area (Å²) in [5.41, 5.74) is 0. The molecule has 0 aromatic heterocycles. The van der Waals surface area contributed by atoms with E-state index in [0.29, 0.717) is 0 Å². The van der Waals surface area contributed by atoms with Crippen molar-refractivity contribution in [3.63, 3.8) is 0 Å². The fraction of sp³-hybridized carbons (Fsp3) is 0.467. The van der Waals surface area contributed by atoms with Crippen LogP contribution in [0.3, 0.4) is 0 Å². The van der Waals surface area contributed by atoms with Gasteiger partial charge in [-0.15, -0.1) is 0 Å². The summed E-state index contributed by atoms with van der Waals surface area (Å²) in [5, 5.41) is 3.36. The SMILES string of the molecule is C1=CC2CC1CC2CC[Si](CCC1CC2C=CC1C2)(c1ccccc1)c1ccccc1. The monoisotopic (exact) mass is 424 g/mol. The highest BCUT2D eigenvalue weighted by Gasteiger charge is 2.43. The van der Waals surface area contributed by atoms with Crippen molar-refractivity contribution in [2.75, 3.05) is 0 Å². The lowest BCUT2D eigenvalue weighted by atomic mass is 9.91. The molecule has 0 aliphatic heterocycles. The Balaban J connectivity index is 1.31. The summed E-state index contributed by atoms with van der Waals surface area (Å²) in [6.45, 7) is 0. The molecule has 0 N–H and O–H groups in total. The van der Waals surface area contributed by atoms with Gasteiger partial charge in [-0.3, -0.25) is 0 Å². The summed E-state index contributed by atoms with van der Waals surface area (Å²) in [6, 6.07) is 26.3. The minimum Gasteiger partial charge on any atom is -0.0851 e. The molecule has 6 rings (SSSR count). The first-order valence-electron chi connectivity index (χ1n) is 12.8. The third kappa shape index (κ3) is 3.69. The molecular weight excluding hydrogens is 388 g/mol. The highest BCUT2D eigenvalue weighted by atomic mass is 28.3. The number of hydrogen-bond donors (Lipinski definition) is 0. The van der Waals surface area contributed by atoms with Crippen LogP contribution in [-0.2, 0) is 0 Å². The summed E-state index contributed by atoms with van der Waals surface area (Å²) >= 11 is 0. The van der Waals surface area contributed by atoms with Crippen LogP contribution in [0.1, 0.15) is 38.5 Å². The molecule has 2 saturated carbocycles. The lowest BCUT2D eigenvalue weighted by Gasteiger charge is -2.36. The van der Waals surface area contributed by atoms with Gasteiger partial charge in [0.15, 0.2) is 0 Å². The minimum atomic E-state index is -1.79. The first-order valence-corrected chi connectivity index (χ1v) is 15.2. The van der Waals surface area contributed by atoms with E-state index in [1.165, 1.54) is 50.6 Å². The van der Waals surface area contributed by atoms with Crippen molar-refractivity contribution in [3.8, 4) is 0 Å². The van der Waals surface area contributed by atoms with Gasteiger partial charge in [0.1, 0.15) is 8.07 Å². The minimum absolute atomic E-state index is 0.874. The van der Waals surface area contributed by atoms with Crippen LogP contribution in [0.2, 0.25) is 12.1 Å². The maximum atomic E-state index is 2.55. The molecule has 6 unspecified atom stereocenters. The third-order valence-electron chi connectivity index (χ3n) is 9.37. The van der Waals surface area contributed by atoms with Crippen molar-refractivity contribution in [1.29, 1.82) is 0 Å². The lowest BCUT2D eigenvalue weighted by molar-refractivity contribution is 0.425. The number of hydrogen-bond acceptors (Lipinski definition) is 0. The zero-order chi connectivity index (χ0) is 20.7. The quantitative estimate of drug-likeness (QED) is 0.337. The van der Waals surface area contributed by atoms with E-state index in [1.54, 1.807) is 10.4 Å². The highest BCUT2D eigenvalue weighted by Crippen LogP contribution is 2.48. The van der Waals surface area contributed by atoms with E-state index in [4.69, 9.17) is 0 Å². The maximum Gasteiger partial charge on any atom is 0.118 e. The van der Waals surface area contributed by atoms with E-state index in [0.717, 1.165) is 35.5 Å². The van der Waals surface area contributed by atoms with Crippen LogP contribution in [0.15, 0.2) is 85.0 Å². The van der Waals surface area contributed by atoms with Crippen LogP contribution in [0, 0.1) is 35.5 Å². The van der Waals surface area contributed by atoms with Gasteiger partial charge < -0.3 is 0 Å². The number of fused-ring (bicyclic) bond motifs is 4. The predicted molar refractivity (Wildman–Crippen MR) is 134 cm³/mol. The molecule has 2 aromatic carbocycles. The summed E-state index contributed by atoms with van der Waals surface area (Å²) in [7, 11) is -1.79. The van der Waals surface area contributed by atoms with Crippen molar-refractivity contribution in [2.24, 2.45) is 35.5 Å². The molecule has 4 aliphatic carbocycles. The zero-order valence-electron chi connectivity index (χ0n) is 18.7. The Bertz CT molecular complexity index is 863. The number of rotatable bonds is 8. The Morgan fingerprint density at radius 1 is 0.548 bits per heavy atom. The molecule has 0 saturated heterocycles. The predicted octanol–water partition coefficient (Wildman–Crippen LogP) is 6.45. The fourth-order valence-corrected chi connectivity index (χ4v) is 12.8. The molecule has 0 heterocycles. The van der Waals surface area contributed by atoms with Gasteiger partial charge >= 0.3 is 0 Å². The average Bonchev–Trinajstić information content (AvgIpc) is 3.63. The number of benzene rings is 2. The Labute approximate surface area is 189 Å². The van der Waals surface area contributed by atoms with Crippen molar-refractivity contribution < 1.29 is 0 Å². The van der Waals surface area contributed by atoms with E-state index in [1.807, 2.05) is 0 Å². The van der Waals surface area contributed by atoms with Crippen molar-refractivity contribution in [1.82, 2.24) is 0 Å². The third-order valence-corrected chi connectivity index (χ3v) is 14.5. The van der Waals surface area contributed by atoms with Gasteiger partial charge in [-0.1, -0.05) is 108 Å². The molecular formula is C30H36Si. The molecule has 0 amide bonds. The van der Waals surface area contributed by atoms with E-state index < -0.39 is 8.07 Å². The smallest absolute Gasteiger partial charge is 0.0851 e. The van der Waals surface area contributed by atoms with Crippen LogP contribution in [0.5, 0.6) is 0 Å². The Kier molecular flexibility index (Phi) is 5.26. The summed E-state index contributed by atoms with van der Waals surface area (Å²) in [5.74, 6) is 5.39. The van der Waals surface area contributed by atoms with E-state index in [9.17, 15) is 0 Å². The largest absolute Gasteiger partial charge is 0.118 e. The van der Waals surface area contributed by atoms with Crippen LogP contribution >= 0.6 is 0 Å². The van der Waals surface area contributed by atoms with E-state index in [-0.39, 0.29) is 0 Å². The van der Waals surface area contributed by atoms with Gasteiger partial charge in [-0.05, 0) is 73.3 Å². The molecule has 1 heteroatoms. The van der Waals surface area contributed by atoms with Crippen LogP contribution < -0.4 is 10.4 Å². The molecule has 0 radical (unpaired) electrons. The van der Waals surface area contributed by atoms with Crippen LogP contribution in [-0.4, -0.2) is 8.07 Å². The lowest BCUT2D eigenvalue weighted by Crippen LogP contribution is -2.58. The van der Waals surface area contributed by atoms with Gasteiger partial charge in [-0.25, -0.2) is 0 Å². The molecule has 6 atom stereocenters. The summed E-state index contributed by atoms with van der Waals surface area (Å²) < 4.78 is 0. The van der Waals surface area contributed by atoms with E-state index >= 15 is 0 Å². The van der Waals surface area contributed by atoms with E-state index in [2.05, 4.69) is 85.0 Å². The Morgan fingerprint density at radius 2 is 1.00 bits per heavy atom. The second kappa shape index (κ2) is 8.24. The van der Waals surface area contributed by atoms with Gasteiger partial charge in [0.05, 0.1) is 0 Å². The molecule has 160 valence electrons. The maximum absolute atomic E-state index is 2.55. The van der Waals surface area contributed by atoms with Gasteiger partial charge in [0, 0.05) is 0 Å². The fourth-order valence-electron chi connectivity index (χ4n) is 7.70. The molecule has 4 aliphatic rings. The van der Waals surface area contributed by atoms with Crippen molar-refractivity contribution in [2.45, 2.75) is 50.6 Å². The Morgan fingerprint density at radius 3 is 1.35 bits per heavy atom. The molecule has 4 bridgehead atoms. The molecule has 0 spiro atoms. The molecule has 0 nitrogen and oxygen atoms in total. The van der Waals surface area contributed by atoms with Crippen molar-refractivity contribution in [3.05, 3.63) is 85.0 Å². The number of allylic oxidation sites excluding steroid dienone is 4. The molecule has 31 heavy (non-hydrogen) atoms. The zero-order valence-corrected chi connectivity index (χ0v) is 19.7. The first kappa shape index (κ1) is 19.8. The molecule has 2 fully saturated rings.